The lowest BCUT2D eigenvalue weighted by Gasteiger charge is -2.15. The molecule has 0 saturated carbocycles. The average Bonchev–Trinajstić information content (AvgIpc) is 2.97. The first-order chi connectivity index (χ1) is 11.7. The van der Waals surface area contributed by atoms with Crippen LogP contribution >= 0.6 is 0 Å². The number of nitrogens with zero attached hydrogens (tertiary/aromatic N) is 2. The summed E-state index contributed by atoms with van der Waals surface area (Å²) in [7, 11) is 0. The van der Waals surface area contributed by atoms with Crippen molar-refractivity contribution in [2.45, 2.75) is 12.3 Å². The first-order valence-corrected chi connectivity index (χ1v) is 7.92. The Hall–Kier alpha value is -2.95. The molecule has 2 amide bonds. The van der Waals surface area contributed by atoms with Crippen molar-refractivity contribution in [3.63, 3.8) is 0 Å². The SMILES string of the molecule is O=C(CN1C[C@H](c2ccccc2)CC1=O)N/N=C\c1ccccc1. The molecule has 0 aromatic heterocycles. The van der Waals surface area contributed by atoms with Crippen molar-refractivity contribution in [1.29, 1.82) is 0 Å². The molecule has 0 spiro atoms. The molecule has 0 unspecified atom stereocenters. The number of carbonyl (C=O) groups excluding carboxylic acids is 2. The normalized spacial score (nSPS) is 17.4. The first kappa shape index (κ1) is 15.9. The van der Waals surface area contributed by atoms with Crippen molar-refractivity contribution in [3.05, 3.63) is 71.8 Å². The van der Waals surface area contributed by atoms with Gasteiger partial charge in [-0.15, -0.1) is 0 Å². The standard InChI is InChI=1S/C19H19N3O2/c23-18(21-20-12-15-7-3-1-4-8-15)14-22-13-17(11-19(22)24)16-9-5-2-6-10-16/h1-10,12,17H,11,13-14H2,(H,21,23)/b20-12-/t17-/m1/s1. The highest BCUT2D eigenvalue weighted by Gasteiger charge is 2.31. The number of hydrogen-bond donors (Lipinski definition) is 1. The zero-order valence-electron chi connectivity index (χ0n) is 13.3. The fourth-order valence-corrected chi connectivity index (χ4v) is 2.80. The zero-order valence-corrected chi connectivity index (χ0v) is 13.3. The molecule has 0 radical (unpaired) electrons. The highest BCUT2D eigenvalue weighted by molar-refractivity contribution is 5.87. The molecule has 0 bridgehead atoms. The molecule has 1 saturated heterocycles. The molecule has 5 nitrogen and oxygen atoms in total. The van der Waals surface area contributed by atoms with Crippen LogP contribution in [0.25, 0.3) is 0 Å². The Bertz CT molecular complexity index is 729. The molecule has 5 heteroatoms. The van der Waals surface area contributed by atoms with Crippen molar-refractivity contribution in [2.75, 3.05) is 13.1 Å². The second kappa shape index (κ2) is 7.55. The molecule has 1 heterocycles. The van der Waals surface area contributed by atoms with E-state index in [9.17, 15) is 9.59 Å². The van der Waals surface area contributed by atoms with Gasteiger partial charge >= 0.3 is 0 Å². The molecule has 1 fully saturated rings. The summed E-state index contributed by atoms with van der Waals surface area (Å²) in [5, 5.41) is 3.92. The van der Waals surface area contributed by atoms with E-state index in [1.165, 1.54) is 0 Å². The van der Waals surface area contributed by atoms with Gasteiger partial charge in [0.25, 0.3) is 5.91 Å². The van der Waals surface area contributed by atoms with Crippen LogP contribution in [0.4, 0.5) is 0 Å². The maximum absolute atomic E-state index is 12.1. The van der Waals surface area contributed by atoms with Gasteiger partial charge in [0.1, 0.15) is 6.54 Å². The van der Waals surface area contributed by atoms with E-state index in [4.69, 9.17) is 0 Å². The minimum Gasteiger partial charge on any atom is -0.333 e. The number of nitrogens with one attached hydrogen (secondary N) is 1. The lowest BCUT2D eigenvalue weighted by molar-refractivity contribution is -0.133. The second-order valence-electron chi connectivity index (χ2n) is 5.79. The van der Waals surface area contributed by atoms with Gasteiger partial charge in [0.05, 0.1) is 6.21 Å². The minimum absolute atomic E-state index is 0.00559. The summed E-state index contributed by atoms with van der Waals surface area (Å²) in [5.74, 6) is -0.130. The van der Waals surface area contributed by atoms with E-state index in [1.807, 2.05) is 60.7 Å². The van der Waals surface area contributed by atoms with Crippen molar-refractivity contribution in [2.24, 2.45) is 5.10 Å². The molecule has 2 aromatic rings. The molecule has 1 aliphatic heterocycles. The average molecular weight is 321 g/mol. The Balaban J connectivity index is 1.51. The Labute approximate surface area is 141 Å². The van der Waals surface area contributed by atoms with Crippen LogP contribution in [0.15, 0.2) is 65.8 Å². The molecule has 0 aliphatic carbocycles. The zero-order chi connectivity index (χ0) is 16.8. The predicted octanol–water partition coefficient (Wildman–Crippen LogP) is 2.15. The molecule has 1 atom stereocenters. The maximum Gasteiger partial charge on any atom is 0.259 e. The highest BCUT2D eigenvalue weighted by Crippen LogP contribution is 2.27. The summed E-state index contributed by atoms with van der Waals surface area (Å²) >= 11 is 0. The van der Waals surface area contributed by atoms with Crippen LogP contribution < -0.4 is 5.43 Å². The molecule has 1 N–H and O–H groups in total. The largest absolute Gasteiger partial charge is 0.333 e. The monoisotopic (exact) mass is 321 g/mol. The lowest BCUT2D eigenvalue weighted by atomic mass is 9.99. The molecule has 2 aromatic carbocycles. The van der Waals surface area contributed by atoms with Gasteiger partial charge in [0.2, 0.25) is 5.91 Å². The Morgan fingerprint density at radius 2 is 1.79 bits per heavy atom. The van der Waals surface area contributed by atoms with Gasteiger partial charge in [0, 0.05) is 18.9 Å². The van der Waals surface area contributed by atoms with E-state index in [-0.39, 0.29) is 24.3 Å². The fraction of sp³-hybridized carbons (Fsp3) is 0.211. The number of benzene rings is 2. The van der Waals surface area contributed by atoms with E-state index >= 15 is 0 Å². The van der Waals surface area contributed by atoms with Gasteiger partial charge in [-0.2, -0.15) is 5.10 Å². The van der Waals surface area contributed by atoms with Crippen LogP contribution in [0.1, 0.15) is 23.5 Å². The van der Waals surface area contributed by atoms with Crippen LogP contribution in [0.2, 0.25) is 0 Å². The summed E-state index contributed by atoms with van der Waals surface area (Å²) in [4.78, 5) is 25.6. The first-order valence-electron chi connectivity index (χ1n) is 7.92. The third-order valence-electron chi connectivity index (χ3n) is 4.02. The van der Waals surface area contributed by atoms with Crippen molar-refractivity contribution in [3.8, 4) is 0 Å². The fourth-order valence-electron chi connectivity index (χ4n) is 2.80. The summed E-state index contributed by atoms with van der Waals surface area (Å²) in [6.45, 7) is 0.604. The molecule has 24 heavy (non-hydrogen) atoms. The van der Waals surface area contributed by atoms with Crippen LogP contribution in [-0.4, -0.2) is 36.0 Å². The number of hydrazone groups is 1. The summed E-state index contributed by atoms with van der Waals surface area (Å²) in [6.07, 6.45) is 2.03. The van der Waals surface area contributed by atoms with E-state index in [2.05, 4.69) is 10.5 Å². The number of hydrogen-bond acceptors (Lipinski definition) is 3. The molecule has 3 rings (SSSR count). The van der Waals surface area contributed by atoms with Crippen molar-refractivity contribution < 1.29 is 9.59 Å². The van der Waals surface area contributed by atoms with Gasteiger partial charge < -0.3 is 4.90 Å². The minimum atomic E-state index is -0.288. The van der Waals surface area contributed by atoms with Gasteiger partial charge in [-0.3, -0.25) is 9.59 Å². The Morgan fingerprint density at radius 1 is 1.12 bits per heavy atom. The third kappa shape index (κ3) is 4.07. The second-order valence-corrected chi connectivity index (χ2v) is 5.79. The summed E-state index contributed by atoms with van der Waals surface area (Å²) in [6, 6.07) is 19.4. The number of likely N-dealkylation sites (tertiary alicyclic amines) is 1. The van der Waals surface area contributed by atoms with Crippen molar-refractivity contribution >= 4 is 18.0 Å². The Morgan fingerprint density at radius 3 is 2.50 bits per heavy atom. The quantitative estimate of drug-likeness (QED) is 0.677. The molecule has 122 valence electrons. The number of rotatable bonds is 5. The lowest BCUT2D eigenvalue weighted by Crippen LogP contribution is -2.36. The van der Waals surface area contributed by atoms with Gasteiger partial charge in [-0.05, 0) is 11.1 Å². The summed E-state index contributed by atoms with van der Waals surface area (Å²) < 4.78 is 0. The third-order valence-corrected chi connectivity index (χ3v) is 4.02. The number of amides is 2. The van der Waals surface area contributed by atoms with Crippen molar-refractivity contribution in [1.82, 2.24) is 10.3 Å². The van der Waals surface area contributed by atoms with E-state index in [1.54, 1.807) is 11.1 Å². The van der Waals surface area contributed by atoms with Crippen LogP contribution in [-0.2, 0) is 9.59 Å². The van der Waals surface area contributed by atoms with Gasteiger partial charge in [-0.1, -0.05) is 60.7 Å². The Kier molecular flexibility index (Phi) is 5.01. The smallest absolute Gasteiger partial charge is 0.259 e. The molecular weight excluding hydrogens is 302 g/mol. The van der Waals surface area contributed by atoms with E-state index < -0.39 is 0 Å². The molecular formula is C19H19N3O2. The van der Waals surface area contributed by atoms with E-state index in [0.29, 0.717) is 13.0 Å². The maximum atomic E-state index is 12.1. The van der Waals surface area contributed by atoms with E-state index in [0.717, 1.165) is 11.1 Å². The van der Waals surface area contributed by atoms with Gasteiger partial charge in [0.15, 0.2) is 0 Å². The number of carbonyl (C=O) groups is 2. The van der Waals surface area contributed by atoms with Gasteiger partial charge in [-0.25, -0.2) is 5.43 Å². The molecule has 1 aliphatic rings. The topological polar surface area (TPSA) is 61.8 Å². The summed E-state index contributed by atoms with van der Waals surface area (Å²) in [5.41, 5.74) is 4.51. The van der Waals surface area contributed by atoms with Crippen LogP contribution in [0.5, 0.6) is 0 Å². The predicted molar refractivity (Wildman–Crippen MR) is 92.6 cm³/mol. The van der Waals surface area contributed by atoms with Crippen LogP contribution in [0, 0.1) is 0 Å². The highest BCUT2D eigenvalue weighted by atomic mass is 16.2. The van der Waals surface area contributed by atoms with Crippen LogP contribution in [0.3, 0.4) is 0 Å².